The van der Waals surface area contributed by atoms with Gasteiger partial charge in [-0.3, -0.25) is 0 Å². The Labute approximate surface area is 130 Å². The van der Waals surface area contributed by atoms with E-state index in [9.17, 15) is 0 Å². The number of carboxylic acid groups (broad SMARTS) is 1. The highest BCUT2D eigenvalue weighted by atomic mass is 16.4. The van der Waals surface area contributed by atoms with Crippen LogP contribution in [0.4, 0.5) is 17.3 Å². The topological polar surface area (TPSA) is 76.9 Å². The van der Waals surface area contributed by atoms with E-state index in [1.807, 2.05) is 74.0 Å². The van der Waals surface area contributed by atoms with Crippen molar-refractivity contribution in [2.24, 2.45) is 24.3 Å². The second-order valence-electron chi connectivity index (χ2n) is 4.92. The number of rotatable bonds is 3. The van der Waals surface area contributed by atoms with E-state index in [1.165, 1.54) is 0 Å². The van der Waals surface area contributed by atoms with Gasteiger partial charge in [0.2, 0.25) is 0 Å². The number of azo groups is 1. The largest absolute Gasteiger partial charge is 0.550 e. The molecule has 1 aromatic carbocycles. The fourth-order valence-corrected chi connectivity index (χ4v) is 1.64. The molecule has 1 aromatic heterocycles. The monoisotopic (exact) mass is 303 g/mol. The van der Waals surface area contributed by atoms with Gasteiger partial charge in [0.25, 0.3) is 0 Å². The molecule has 0 aliphatic carbocycles. The molecule has 0 saturated heterocycles. The van der Waals surface area contributed by atoms with Crippen LogP contribution in [0, 0.1) is 0 Å². The van der Waals surface area contributed by atoms with Crippen molar-refractivity contribution < 1.29 is 14.5 Å². The van der Waals surface area contributed by atoms with Crippen LogP contribution in [-0.4, -0.2) is 24.6 Å². The average Bonchev–Trinajstić information content (AvgIpc) is 2.76. The number of carbonyl (C=O) groups is 1. The predicted molar refractivity (Wildman–Crippen MR) is 82.2 cm³/mol. The Morgan fingerprint density at radius 3 is 2.18 bits per heavy atom. The molecule has 0 unspecified atom stereocenters. The summed E-state index contributed by atoms with van der Waals surface area (Å²) in [6.07, 6.45) is 3.90. The summed E-state index contributed by atoms with van der Waals surface area (Å²) >= 11 is 0. The fraction of sp³-hybridized carbons (Fsp3) is 0.333. The van der Waals surface area contributed by atoms with Gasteiger partial charge in [0.05, 0.1) is 26.5 Å². The first-order valence-electron chi connectivity index (χ1n) is 6.69. The molecule has 0 saturated carbocycles. The van der Waals surface area contributed by atoms with Gasteiger partial charge < -0.3 is 14.8 Å². The molecule has 22 heavy (non-hydrogen) atoms. The zero-order chi connectivity index (χ0) is 16.7. The third kappa shape index (κ3) is 5.35. The smallest absolute Gasteiger partial charge is 0.421 e. The Balaban J connectivity index is 0.000000541. The number of hydrogen-bond acceptors (Lipinski definition) is 5. The van der Waals surface area contributed by atoms with Gasteiger partial charge in [0.1, 0.15) is 5.69 Å². The van der Waals surface area contributed by atoms with Gasteiger partial charge in [0, 0.05) is 30.9 Å². The van der Waals surface area contributed by atoms with Crippen molar-refractivity contribution in [3.05, 3.63) is 36.7 Å². The quantitative estimate of drug-likeness (QED) is 0.629. The van der Waals surface area contributed by atoms with E-state index in [0.29, 0.717) is 0 Å². The van der Waals surface area contributed by atoms with E-state index >= 15 is 0 Å². The molecular weight excluding hydrogens is 282 g/mol. The van der Waals surface area contributed by atoms with E-state index in [-0.39, 0.29) is 0 Å². The molecule has 2 rings (SSSR count). The number of carboxylic acids is 1. The number of aryl methyl sites for hydroxylation is 2. The van der Waals surface area contributed by atoms with Crippen molar-refractivity contribution in [3.63, 3.8) is 0 Å². The molecule has 118 valence electrons. The SMILES string of the molecule is CC(=O)[O-].CN(C)c1ccc(N=Nc2n(C)cc[n+]2C)cc1. The Morgan fingerprint density at radius 1 is 1.23 bits per heavy atom. The highest BCUT2D eigenvalue weighted by Gasteiger charge is 2.10. The second-order valence-corrected chi connectivity index (χ2v) is 4.92. The van der Waals surface area contributed by atoms with Crippen LogP contribution in [0.3, 0.4) is 0 Å². The first-order chi connectivity index (χ1) is 10.3. The molecule has 1 heterocycles. The summed E-state index contributed by atoms with van der Waals surface area (Å²) in [5, 5.41) is 17.4. The number of anilines is 1. The lowest BCUT2D eigenvalue weighted by Crippen LogP contribution is -2.25. The lowest BCUT2D eigenvalue weighted by molar-refractivity contribution is -0.657. The van der Waals surface area contributed by atoms with Gasteiger partial charge in [-0.15, -0.1) is 0 Å². The fourth-order valence-electron chi connectivity index (χ4n) is 1.64. The standard InChI is InChI=1S/C13H18N5.C2H4O2/c1-16(2)12-7-5-11(6-8-12)14-15-13-17(3)9-10-18(13)4;1-2(3)4/h5-10H,1-4H3;1H3,(H,3,4)/q+1;/p-1. The molecule has 0 aliphatic rings. The number of carbonyl (C=O) groups excluding carboxylic acids is 1. The molecule has 0 N–H and O–H groups in total. The number of aromatic nitrogens is 2. The molecule has 0 spiro atoms. The van der Waals surface area contributed by atoms with E-state index in [4.69, 9.17) is 9.90 Å². The van der Waals surface area contributed by atoms with Crippen molar-refractivity contribution in [2.45, 2.75) is 6.92 Å². The number of aliphatic carboxylic acids is 1. The first-order valence-corrected chi connectivity index (χ1v) is 6.69. The van der Waals surface area contributed by atoms with Gasteiger partial charge in [0.15, 0.2) is 0 Å². The maximum absolute atomic E-state index is 8.89. The van der Waals surface area contributed by atoms with Crippen LogP contribution in [0.2, 0.25) is 0 Å². The van der Waals surface area contributed by atoms with Crippen LogP contribution in [-0.2, 0) is 18.9 Å². The van der Waals surface area contributed by atoms with Crippen molar-refractivity contribution in [2.75, 3.05) is 19.0 Å². The number of benzene rings is 1. The average molecular weight is 303 g/mol. The Kier molecular flexibility index (Phi) is 6.25. The van der Waals surface area contributed by atoms with E-state index in [1.54, 1.807) is 0 Å². The van der Waals surface area contributed by atoms with E-state index in [2.05, 4.69) is 15.1 Å². The van der Waals surface area contributed by atoms with Crippen LogP contribution < -0.4 is 14.6 Å². The normalized spacial score (nSPS) is 10.2. The Morgan fingerprint density at radius 2 is 1.77 bits per heavy atom. The molecular formula is C15H21N5O2. The molecule has 0 amide bonds. The van der Waals surface area contributed by atoms with Crippen LogP contribution in [0.1, 0.15) is 6.92 Å². The Bertz CT molecular complexity index is 621. The summed E-state index contributed by atoms with van der Waals surface area (Å²) in [7, 11) is 7.92. The zero-order valence-electron chi connectivity index (χ0n) is 13.5. The summed E-state index contributed by atoms with van der Waals surface area (Å²) in [6, 6.07) is 7.97. The zero-order valence-corrected chi connectivity index (χ0v) is 13.5. The number of nitrogens with zero attached hydrogens (tertiary/aromatic N) is 5. The van der Waals surface area contributed by atoms with Gasteiger partial charge in [-0.2, -0.15) is 0 Å². The summed E-state index contributed by atoms with van der Waals surface area (Å²) in [4.78, 5) is 10.9. The van der Waals surface area contributed by atoms with Crippen LogP contribution in [0.15, 0.2) is 46.9 Å². The lowest BCUT2D eigenvalue weighted by atomic mass is 10.3. The van der Waals surface area contributed by atoms with Crippen molar-refractivity contribution in [3.8, 4) is 0 Å². The lowest BCUT2D eigenvalue weighted by Gasteiger charge is -2.11. The molecule has 0 atom stereocenters. The molecule has 7 nitrogen and oxygen atoms in total. The maximum Gasteiger partial charge on any atom is 0.421 e. The van der Waals surface area contributed by atoms with Gasteiger partial charge >= 0.3 is 5.95 Å². The third-order valence-electron chi connectivity index (χ3n) is 2.77. The third-order valence-corrected chi connectivity index (χ3v) is 2.77. The first kappa shape index (κ1) is 17.4. The van der Waals surface area contributed by atoms with Crippen LogP contribution in [0.25, 0.3) is 0 Å². The minimum absolute atomic E-state index is 0.812. The maximum atomic E-state index is 8.89. The molecule has 2 aromatic rings. The van der Waals surface area contributed by atoms with Crippen LogP contribution in [0.5, 0.6) is 0 Å². The molecule has 0 bridgehead atoms. The number of hydrogen-bond donors (Lipinski definition) is 0. The van der Waals surface area contributed by atoms with Crippen molar-refractivity contribution in [1.29, 1.82) is 0 Å². The second kappa shape index (κ2) is 7.92. The van der Waals surface area contributed by atoms with Crippen molar-refractivity contribution in [1.82, 2.24) is 4.57 Å². The summed E-state index contributed by atoms with van der Waals surface area (Å²) in [5.41, 5.74) is 2.00. The van der Waals surface area contributed by atoms with E-state index in [0.717, 1.165) is 24.2 Å². The highest BCUT2D eigenvalue weighted by molar-refractivity contribution is 5.60. The Hall–Kier alpha value is -2.70. The summed E-state index contributed by atoms with van der Waals surface area (Å²) in [6.45, 7) is 0.972. The van der Waals surface area contributed by atoms with Gasteiger partial charge in [-0.1, -0.05) is 5.11 Å². The highest BCUT2D eigenvalue weighted by Crippen LogP contribution is 2.19. The predicted octanol–water partition coefficient (Wildman–Crippen LogP) is 1.09. The van der Waals surface area contributed by atoms with Crippen molar-refractivity contribution >= 4 is 23.3 Å². The number of imidazole rings is 1. The van der Waals surface area contributed by atoms with Gasteiger partial charge in [-0.25, -0.2) is 9.13 Å². The summed E-state index contributed by atoms with van der Waals surface area (Å²) in [5.74, 6) is -0.272. The summed E-state index contributed by atoms with van der Waals surface area (Å²) < 4.78 is 3.86. The molecule has 0 fully saturated rings. The van der Waals surface area contributed by atoms with Gasteiger partial charge in [-0.05, 0) is 31.2 Å². The molecule has 7 heteroatoms. The van der Waals surface area contributed by atoms with E-state index < -0.39 is 5.97 Å². The van der Waals surface area contributed by atoms with Crippen LogP contribution >= 0.6 is 0 Å². The molecule has 0 radical (unpaired) electrons. The minimum atomic E-state index is -1.08. The minimum Gasteiger partial charge on any atom is -0.550 e. The molecule has 0 aliphatic heterocycles.